The standard InChI is InChI=1S/C53H61BrN6O6S/c1-5-64-53(61)52-45(25-16-36-65-49-26-14-21-40-20-11-12-22-43(40)49)44-23-15-24-46(51(44)60(52)31-13-7-10-19-39-17-8-6-9-18-39)50-47(55-57(4)48(50)37-54)38-66-42-29-27-41(28-30-42)58-32-34-59(35-33-58)67(62,63)56(2)3/h6,8-9,11-12,14-15,17-18,20-24,26-30H,5,7,10,13,16,19,25,31-38H2,1-4H3. The summed E-state index contributed by atoms with van der Waals surface area (Å²) in [6, 6.07) is 39.3. The highest BCUT2D eigenvalue weighted by molar-refractivity contribution is 9.08. The van der Waals surface area contributed by atoms with E-state index >= 15 is 0 Å². The predicted molar refractivity (Wildman–Crippen MR) is 272 cm³/mol. The van der Waals surface area contributed by atoms with Gasteiger partial charge in [0, 0.05) is 86.8 Å². The predicted octanol–water partition coefficient (Wildman–Crippen LogP) is 10.2. The lowest BCUT2D eigenvalue weighted by Crippen LogP contribution is -2.51. The molecule has 1 aliphatic heterocycles. The van der Waals surface area contributed by atoms with E-state index in [2.05, 4.69) is 92.1 Å². The van der Waals surface area contributed by atoms with Crippen molar-refractivity contribution in [1.29, 1.82) is 0 Å². The Bertz CT molecular complexity index is 2890. The number of ether oxygens (including phenoxy) is 3. The summed E-state index contributed by atoms with van der Waals surface area (Å²) in [4.78, 5) is 16.5. The van der Waals surface area contributed by atoms with Crippen molar-refractivity contribution in [2.24, 2.45) is 7.05 Å². The van der Waals surface area contributed by atoms with Gasteiger partial charge in [0.25, 0.3) is 10.2 Å². The van der Waals surface area contributed by atoms with E-state index in [1.165, 1.54) is 14.2 Å². The molecule has 0 atom stereocenters. The van der Waals surface area contributed by atoms with Crippen LogP contribution in [0.1, 0.15) is 65.6 Å². The molecule has 0 bridgehead atoms. The third-order valence-electron chi connectivity index (χ3n) is 12.7. The Morgan fingerprint density at radius 1 is 0.776 bits per heavy atom. The smallest absolute Gasteiger partial charge is 0.355 e. The molecule has 12 nitrogen and oxygen atoms in total. The van der Waals surface area contributed by atoms with Crippen LogP contribution in [0.15, 0.2) is 115 Å². The summed E-state index contributed by atoms with van der Waals surface area (Å²) in [5.41, 5.74) is 8.61. The van der Waals surface area contributed by atoms with Crippen LogP contribution < -0.4 is 14.4 Å². The zero-order valence-electron chi connectivity index (χ0n) is 39.0. The van der Waals surface area contributed by atoms with Crippen LogP contribution in [-0.4, -0.2) is 90.8 Å². The van der Waals surface area contributed by atoms with Gasteiger partial charge in [-0.1, -0.05) is 107 Å². The molecule has 2 aromatic heterocycles. The Balaban J connectivity index is 1.09. The average Bonchev–Trinajstić information content (AvgIpc) is 3.85. The molecular weight excluding hydrogens is 929 g/mol. The average molecular weight is 990 g/mol. The summed E-state index contributed by atoms with van der Waals surface area (Å²) in [5.74, 6) is 1.23. The number of alkyl halides is 1. The lowest BCUT2D eigenvalue weighted by Gasteiger charge is -2.36. The van der Waals surface area contributed by atoms with Crippen molar-refractivity contribution in [3.63, 3.8) is 0 Å². The zero-order valence-corrected chi connectivity index (χ0v) is 41.4. The number of hydrogen-bond acceptors (Lipinski definition) is 8. The van der Waals surface area contributed by atoms with Gasteiger partial charge in [0.1, 0.15) is 29.5 Å². The van der Waals surface area contributed by atoms with Crippen LogP contribution in [0, 0.1) is 0 Å². The maximum absolute atomic E-state index is 14.3. The van der Waals surface area contributed by atoms with Gasteiger partial charge >= 0.3 is 5.97 Å². The number of nitrogens with zero attached hydrogens (tertiary/aromatic N) is 6. The molecule has 3 heterocycles. The van der Waals surface area contributed by atoms with Gasteiger partial charge in [0.15, 0.2) is 0 Å². The monoisotopic (exact) mass is 988 g/mol. The number of para-hydroxylation sites is 1. The Morgan fingerprint density at radius 3 is 2.24 bits per heavy atom. The number of rotatable bonds is 21. The number of aryl methyl sites for hydroxylation is 4. The second-order valence-corrected chi connectivity index (χ2v) is 19.8. The molecule has 1 fully saturated rings. The fourth-order valence-corrected chi connectivity index (χ4v) is 11.0. The minimum absolute atomic E-state index is 0.219. The fraction of sp³-hybridized carbons (Fsp3) is 0.358. The largest absolute Gasteiger partial charge is 0.493 e. The van der Waals surface area contributed by atoms with E-state index in [1.807, 2.05) is 67.2 Å². The number of fused-ring (bicyclic) bond motifs is 2. The molecular formula is C53H61BrN6O6S. The first-order valence-corrected chi connectivity index (χ1v) is 25.8. The van der Waals surface area contributed by atoms with Gasteiger partial charge in [0.05, 0.1) is 24.4 Å². The summed E-state index contributed by atoms with van der Waals surface area (Å²) in [5, 5.41) is 8.82. The van der Waals surface area contributed by atoms with Gasteiger partial charge in [-0.15, -0.1) is 0 Å². The summed E-state index contributed by atoms with van der Waals surface area (Å²) in [6.07, 6.45) is 5.24. The zero-order chi connectivity index (χ0) is 46.9. The lowest BCUT2D eigenvalue weighted by atomic mass is 9.98. The Labute approximate surface area is 403 Å². The third kappa shape index (κ3) is 10.7. The first-order chi connectivity index (χ1) is 32.6. The molecule has 67 heavy (non-hydrogen) atoms. The van der Waals surface area contributed by atoms with Crippen LogP contribution in [-0.2, 0) is 53.3 Å². The molecule has 0 radical (unpaired) electrons. The first kappa shape index (κ1) is 47.8. The molecule has 0 amide bonds. The number of unbranched alkanes of at least 4 members (excludes halogenated alkanes) is 2. The maximum atomic E-state index is 14.3. The number of halogens is 1. The number of anilines is 1. The SMILES string of the molecule is CCOC(=O)c1c(CCCOc2cccc3ccccc23)c2cccc(-c3c(COc4ccc(N5CCN(S(=O)(=O)N(C)C)CC5)cc4)nn(C)c3CBr)c2n1CCCCCc1ccccc1. The van der Waals surface area contributed by atoms with Gasteiger partial charge in [-0.3, -0.25) is 4.68 Å². The molecule has 0 N–H and O–H groups in total. The van der Waals surface area contributed by atoms with Gasteiger partial charge in [-0.2, -0.15) is 22.1 Å². The molecule has 352 valence electrons. The number of hydrogen-bond donors (Lipinski definition) is 0. The van der Waals surface area contributed by atoms with Gasteiger partial charge in [0.2, 0.25) is 0 Å². The number of benzene rings is 5. The van der Waals surface area contributed by atoms with Crippen LogP contribution in [0.2, 0.25) is 0 Å². The highest BCUT2D eigenvalue weighted by Gasteiger charge is 2.30. The highest BCUT2D eigenvalue weighted by Crippen LogP contribution is 2.40. The summed E-state index contributed by atoms with van der Waals surface area (Å²) in [6.45, 7) is 5.51. The van der Waals surface area contributed by atoms with Crippen molar-refractivity contribution < 1.29 is 27.4 Å². The Kier molecular flexibility index (Phi) is 15.7. The maximum Gasteiger partial charge on any atom is 0.355 e. The highest BCUT2D eigenvalue weighted by atomic mass is 79.9. The minimum atomic E-state index is -3.45. The molecule has 0 aliphatic carbocycles. The Morgan fingerprint density at radius 2 is 1.49 bits per heavy atom. The third-order valence-corrected chi connectivity index (χ3v) is 15.1. The van der Waals surface area contributed by atoms with E-state index in [1.54, 1.807) is 14.1 Å². The van der Waals surface area contributed by atoms with Crippen molar-refractivity contribution in [3.8, 4) is 22.6 Å². The van der Waals surface area contributed by atoms with Crippen LogP contribution >= 0.6 is 15.9 Å². The van der Waals surface area contributed by atoms with Crippen LogP contribution in [0.4, 0.5) is 5.69 Å². The van der Waals surface area contributed by atoms with Gasteiger partial charge < -0.3 is 23.7 Å². The van der Waals surface area contributed by atoms with E-state index in [0.717, 1.165) is 86.9 Å². The molecule has 1 saturated heterocycles. The van der Waals surface area contributed by atoms with Crippen molar-refractivity contribution in [3.05, 3.63) is 143 Å². The number of piperazine rings is 1. The lowest BCUT2D eigenvalue weighted by molar-refractivity contribution is 0.0512. The quantitative estimate of drug-likeness (QED) is 0.0398. The van der Waals surface area contributed by atoms with Crippen molar-refractivity contribution in [1.82, 2.24) is 23.0 Å². The van der Waals surface area contributed by atoms with E-state index in [9.17, 15) is 13.2 Å². The molecule has 14 heteroatoms. The van der Waals surface area contributed by atoms with E-state index < -0.39 is 10.2 Å². The van der Waals surface area contributed by atoms with Crippen LogP contribution in [0.25, 0.3) is 32.8 Å². The molecule has 8 rings (SSSR count). The molecule has 0 unspecified atom stereocenters. The Hall–Kier alpha value is -5.67. The molecule has 0 saturated carbocycles. The van der Waals surface area contributed by atoms with E-state index in [-0.39, 0.29) is 19.2 Å². The van der Waals surface area contributed by atoms with E-state index in [0.29, 0.717) is 68.9 Å². The molecule has 7 aromatic rings. The first-order valence-electron chi connectivity index (χ1n) is 23.3. The van der Waals surface area contributed by atoms with Gasteiger partial charge in [-0.05, 0) is 85.9 Å². The van der Waals surface area contributed by atoms with Crippen molar-refractivity contribution in [2.45, 2.75) is 63.9 Å². The van der Waals surface area contributed by atoms with Crippen molar-refractivity contribution >= 4 is 59.5 Å². The van der Waals surface area contributed by atoms with Crippen molar-refractivity contribution in [2.75, 3.05) is 58.4 Å². The normalized spacial score (nSPS) is 13.5. The summed E-state index contributed by atoms with van der Waals surface area (Å²) < 4.78 is 51.1. The van der Waals surface area contributed by atoms with Crippen LogP contribution in [0.3, 0.4) is 0 Å². The molecule has 0 spiro atoms. The molecule has 5 aromatic carbocycles. The second-order valence-electron chi connectivity index (χ2n) is 17.1. The van der Waals surface area contributed by atoms with Crippen LogP contribution in [0.5, 0.6) is 11.5 Å². The topological polar surface area (TPSA) is 111 Å². The summed E-state index contributed by atoms with van der Waals surface area (Å²) >= 11 is 3.79. The van der Waals surface area contributed by atoms with Gasteiger partial charge in [-0.25, -0.2) is 4.79 Å². The fourth-order valence-electron chi connectivity index (χ4n) is 9.26. The number of carbonyl (C=O) groups is 1. The van der Waals surface area contributed by atoms with E-state index in [4.69, 9.17) is 19.3 Å². The summed E-state index contributed by atoms with van der Waals surface area (Å²) in [7, 11) is 1.64. The molecule has 1 aliphatic rings. The number of carbonyl (C=O) groups excluding carboxylic acids is 1. The number of aromatic nitrogens is 3. The second kappa shape index (κ2) is 22.0. The minimum Gasteiger partial charge on any atom is -0.493 e. The number of esters is 1.